The zero-order valence-electron chi connectivity index (χ0n) is 14.8. The fourth-order valence-electron chi connectivity index (χ4n) is 3.38. The third kappa shape index (κ3) is 4.23. The molecule has 6 heteroatoms. The second kappa shape index (κ2) is 7.98. The first kappa shape index (κ1) is 17.8. The SMILES string of the molecule is O=C(N[C@H](c1ccccn1)C1CC(O)C1)c1csc(Cc2ccccc2)n1. The van der Waals surface area contributed by atoms with E-state index in [1.54, 1.807) is 11.6 Å². The Hall–Kier alpha value is -2.57. The molecule has 0 aliphatic heterocycles. The lowest BCUT2D eigenvalue weighted by Gasteiger charge is -2.37. The van der Waals surface area contributed by atoms with Gasteiger partial charge in [-0.1, -0.05) is 36.4 Å². The number of hydrogen-bond donors (Lipinski definition) is 2. The fourth-order valence-corrected chi connectivity index (χ4v) is 4.19. The van der Waals surface area contributed by atoms with E-state index in [2.05, 4.69) is 27.4 Å². The number of benzene rings is 1. The quantitative estimate of drug-likeness (QED) is 0.689. The lowest BCUT2D eigenvalue weighted by Crippen LogP contribution is -2.41. The molecule has 5 nitrogen and oxygen atoms in total. The highest BCUT2D eigenvalue weighted by Crippen LogP contribution is 2.37. The first-order chi connectivity index (χ1) is 13.2. The van der Waals surface area contributed by atoms with Gasteiger partial charge in [-0.25, -0.2) is 4.98 Å². The second-order valence-electron chi connectivity index (χ2n) is 6.88. The van der Waals surface area contributed by atoms with Crippen molar-refractivity contribution >= 4 is 17.2 Å². The van der Waals surface area contributed by atoms with Crippen LogP contribution in [0.5, 0.6) is 0 Å². The van der Waals surface area contributed by atoms with E-state index in [1.165, 1.54) is 16.9 Å². The van der Waals surface area contributed by atoms with Crippen molar-refractivity contribution in [3.8, 4) is 0 Å². The molecule has 1 atom stereocenters. The van der Waals surface area contributed by atoms with Crippen LogP contribution in [0.1, 0.15) is 45.6 Å². The number of rotatable bonds is 6. The summed E-state index contributed by atoms with van der Waals surface area (Å²) in [6.07, 6.45) is 3.52. The van der Waals surface area contributed by atoms with Crippen LogP contribution in [0.4, 0.5) is 0 Å². The summed E-state index contributed by atoms with van der Waals surface area (Å²) in [5, 5.41) is 15.5. The molecule has 1 amide bonds. The van der Waals surface area contributed by atoms with Crippen molar-refractivity contribution in [3.05, 3.63) is 82.1 Å². The molecule has 1 fully saturated rings. The normalized spacial score (nSPS) is 19.9. The highest BCUT2D eigenvalue weighted by Gasteiger charge is 2.36. The average molecular weight is 379 g/mol. The summed E-state index contributed by atoms with van der Waals surface area (Å²) in [6, 6.07) is 15.6. The van der Waals surface area contributed by atoms with Crippen LogP contribution < -0.4 is 5.32 Å². The topological polar surface area (TPSA) is 75.1 Å². The van der Waals surface area contributed by atoms with Gasteiger partial charge in [-0.05, 0) is 36.5 Å². The van der Waals surface area contributed by atoms with Gasteiger partial charge >= 0.3 is 0 Å². The van der Waals surface area contributed by atoms with Crippen molar-refractivity contribution in [2.24, 2.45) is 5.92 Å². The minimum atomic E-state index is -0.283. The number of nitrogens with one attached hydrogen (secondary N) is 1. The highest BCUT2D eigenvalue weighted by molar-refractivity contribution is 7.09. The van der Waals surface area contributed by atoms with E-state index in [1.807, 2.05) is 36.4 Å². The number of carbonyl (C=O) groups excluding carboxylic acids is 1. The number of hydrogen-bond acceptors (Lipinski definition) is 5. The molecule has 27 heavy (non-hydrogen) atoms. The van der Waals surface area contributed by atoms with Crippen molar-refractivity contribution < 1.29 is 9.90 Å². The van der Waals surface area contributed by atoms with E-state index in [0.717, 1.165) is 17.1 Å². The number of amides is 1. The zero-order valence-corrected chi connectivity index (χ0v) is 15.6. The average Bonchev–Trinajstić information content (AvgIpc) is 3.14. The summed E-state index contributed by atoms with van der Waals surface area (Å²) in [5.74, 6) is 0.00359. The smallest absolute Gasteiger partial charge is 0.271 e. The molecule has 4 rings (SSSR count). The van der Waals surface area contributed by atoms with Gasteiger partial charge in [0.05, 0.1) is 22.8 Å². The Morgan fingerprint density at radius 2 is 1.96 bits per heavy atom. The van der Waals surface area contributed by atoms with Gasteiger partial charge in [0.2, 0.25) is 0 Å². The standard InChI is InChI=1S/C21H21N3O2S/c25-16-11-15(12-16)20(17-8-4-5-9-22-17)24-21(26)18-13-27-19(23-18)10-14-6-2-1-3-7-14/h1-9,13,15-16,20,25H,10-12H2,(H,24,26)/t15?,16?,20-/m0/s1. The Kier molecular flexibility index (Phi) is 5.27. The molecular formula is C21H21N3O2S. The van der Waals surface area contributed by atoms with Crippen LogP contribution in [0.25, 0.3) is 0 Å². The number of thiazole rings is 1. The van der Waals surface area contributed by atoms with Crippen LogP contribution in [0.2, 0.25) is 0 Å². The summed E-state index contributed by atoms with van der Waals surface area (Å²) in [4.78, 5) is 21.7. The Balaban J connectivity index is 1.47. The minimum Gasteiger partial charge on any atom is -0.393 e. The number of aromatic nitrogens is 2. The molecule has 138 valence electrons. The van der Waals surface area contributed by atoms with Crippen molar-refractivity contribution in [2.45, 2.75) is 31.4 Å². The Labute approximate surface area is 162 Å². The van der Waals surface area contributed by atoms with Gasteiger partial charge in [0, 0.05) is 18.0 Å². The summed E-state index contributed by atoms with van der Waals surface area (Å²) in [5.41, 5.74) is 2.43. The van der Waals surface area contributed by atoms with Crippen LogP contribution >= 0.6 is 11.3 Å². The number of aliphatic hydroxyl groups excluding tert-OH is 1. The Morgan fingerprint density at radius 3 is 2.67 bits per heavy atom. The molecule has 0 unspecified atom stereocenters. The van der Waals surface area contributed by atoms with E-state index in [0.29, 0.717) is 18.5 Å². The van der Waals surface area contributed by atoms with E-state index in [4.69, 9.17) is 0 Å². The molecular weight excluding hydrogens is 358 g/mol. The van der Waals surface area contributed by atoms with Crippen molar-refractivity contribution in [3.63, 3.8) is 0 Å². The molecule has 2 heterocycles. The highest BCUT2D eigenvalue weighted by atomic mass is 32.1. The lowest BCUT2D eigenvalue weighted by molar-refractivity contribution is 0.0228. The molecule has 0 bridgehead atoms. The van der Waals surface area contributed by atoms with E-state index < -0.39 is 0 Å². The van der Waals surface area contributed by atoms with Crippen LogP contribution in [0, 0.1) is 5.92 Å². The molecule has 1 aliphatic carbocycles. The van der Waals surface area contributed by atoms with E-state index >= 15 is 0 Å². The summed E-state index contributed by atoms with van der Waals surface area (Å²) >= 11 is 1.50. The predicted molar refractivity (Wildman–Crippen MR) is 105 cm³/mol. The molecule has 2 aromatic heterocycles. The van der Waals surface area contributed by atoms with Gasteiger partial charge < -0.3 is 10.4 Å². The summed E-state index contributed by atoms with van der Waals surface area (Å²) in [6.45, 7) is 0. The maximum atomic E-state index is 12.8. The van der Waals surface area contributed by atoms with E-state index in [-0.39, 0.29) is 24.0 Å². The molecule has 2 N–H and O–H groups in total. The van der Waals surface area contributed by atoms with Gasteiger partial charge in [0.15, 0.2) is 0 Å². The maximum absolute atomic E-state index is 12.8. The van der Waals surface area contributed by atoms with Gasteiger partial charge in [0.1, 0.15) is 5.69 Å². The molecule has 3 aromatic rings. The number of pyridine rings is 1. The van der Waals surface area contributed by atoms with Gasteiger partial charge in [-0.15, -0.1) is 11.3 Å². The van der Waals surface area contributed by atoms with Gasteiger partial charge in [0.25, 0.3) is 5.91 Å². The Bertz CT molecular complexity index is 892. The second-order valence-corrected chi connectivity index (χ2v) is 7.82. The van der Waals surface area contributed by atoms with Gasteiger partial charge in [-0.2, -0.15) is 0 Å². The zero-order chi connectivity index (χ0) is 18.6. The molecule has 0 radical (unpaired) electrons. The maximum Gasteiger partial charge on any atom is 0.271 e. The van der Waals surface area contributed by atoms with E-state index in [9.17, 15) is 9.90 Å². The minimum absolute atomic E-state index is 0.192. The predicted octanol–water partition coefficient (Wildman–Crippen LogP) is 3.37. The first-order valence-corrected chi connectivity index (χ1v) is 9.95. The van der Waals surface area contributed by atoms with Crippen LogP contribution in [0.15, 0.2) is 60.1 Å². The van der Waals surface area contributed by atoms with Crippen molar-refractivity contribution in [1.82, 2.24) is 15.3 Å². The third-order valence-corrected chi connectivity index (χ3v) is 5.75. The first-order valence-electron chi connectivity index (χ1n) is 9.07. The lowest BCUT2D eigenvalue weighted by atomic mass is 9.76. The van der Waals surface area contributed by atoms with Gasteiger partial charge in [-0.3, -0.25) is 9.78 Å². The van der Waals surface area contributed by atoms with Crippen LogP contribution in [0.3, 0.4) is 0 Å². The number of aliphatic hydroxyl groups is 1. The van der Waals surface area contributed by atoms with Crippen LogP contribution in [-0.4, -0.2) is 27.1 Å². The number of nitrogens with zero attached hydrogens (tertiary/aromatic N) is 2. The Morgan fingerprint density at radius 1 is 1.19 bits per heavy atom. The fraction of sp³-hybridized carbons (Fsp3) is 0.286. The summed E-state index contributed by atoms with van der Waals surface area (Å²) in [7, 11) is 0. The molecule has 0 spiro atoms. The molecule has 1 aliphatic rings. The number of carbonyl (C=O) groups is 1. The largest absolute Gasteiger partial charge is 0.393 e. The molecule has 0 saturated heterocycles. The van der Waals surface area contributed by atoms with Crippen LogP contribution in [-0.2, 0) is 6.42 Å². The monoisotopic (exact) mass is 379 g/mol. The van der Waals surface area contributed by atoms with Crippen molar-refractivity contribution in [1.29, 1.82) is 0 Å². The molecule has 1 aromatic carbocycles. The summed E-state index contributed by atoms with van der Waals surface area (Å²) < 4.78 is 0. The molecule has 1 saturated carbocycles. The third-order valence-electron chi connectivity index (χ3n) is 4.90. The van der Waals surface area contributed by atoms with Crippen molar-refractivity contribution in [2.75, 3.05) is 0 Å².